The Kier molecular flexibility index (Phi) is 4.45. The third-order valence-electron chi connectivity index (χ3n) is 4.50. The number of carbonyl (C=O) groups is 1. The van der Waals surface area contributed by atoms with E-state index in [0.29, 0.717) is 36.9 Å². The minimum Gasteiger partial charge on any atom is -0.372 e. The van der Waals surface area contributed by atoms with Gasteiger partial charge in [0.05, 0.1) is 13.2 Å². The van der Waals surface area contributed by atoms with Crippen LogP contribution < -0.4 is 5.32 Å². The summed E-state index contributed by atoms with van der Waals surface area (Å²) in [5, 5.41) is 4.88. The van der Waals surface area contributed by atoms with Gasteiger partial charge in [-0.25, -0.2) is 4.98 Å². The van der Waals surface area contributed by atoms with E-state index in [4.69, 9.17) is 4.74 Å². The fraction of sp³-hybridized carbons (Fsp3) is 0.263. The van der Waals surface area contributed by atoms with Gasteiger partial charge in [0.1, 0.15) is 23.3 Å². The molecule has 3 heterocycles. The maximum Gasteiger partial charge on any atom is 0.273 e. The third-order valence-corrected chi connectivity index (χ3v) is 4.50. The summed E-state index contributed by atoms with van der Waals surface area (Å²) in [6.07, 6.45) is 4.61. The topological polar surface area (TPSA) is 80.2 Å². The van der Waals surface area contributed by atoms with E-state index in [1.807, 2.05) is 30.3 Å². The predicted molar refractivity (Wildman–Crippen MR) is 97.9 cm³/mol. The number of nitrogens with one attached hydrogen (secondary N) is 1. The van der Waals surface area contributed by atoms with Crippen molar-refractivity contribution in [3.63, 3.8) is 0 Å². The SMILES string of the molecule is CNc1nccnc1C1CN(C(=O)c2nccc3ccccc23)CCO1. The van der Waals surface area contributed by atoms with E-state index in [2.05, 4.69) is 20.3 Å². The summed E-state index contributed by atoms with van der Waals surface area (Å²) in [7, 11) is 1.79. The number of hydrogen-bond donors (Lipinski definition) is 1. The van der Waals surface area contributed by atoms with Crippen molar-refractivity contribution in [3.05, 3.63) is 60.3 Å². The Morgan fingerprint density at radius 1 is 1.15 bits per heavy atom. The summed E-state index contributed by atoms with van der Waals surface area (Å²) < 4.78 is 5.85. The zero-order chi connectivity index (χ0) is 17.9. The van der Waals surface area contributed by atoms with Gasteiger partial charge in [-0.05, 0) is 11.5 Å². The molecule has 1 N–H and O–H groups in total. The molecule has 1 fully saturated rings. The molecular weight excluding hydrogens is 330 g/mol. The number of carbonyl (C=O) groups excluding carboxylic acids is 1. The number of amides is 1. The summed E-state index contributed by atoms with van der Waals surface area (Å²) >= 11 is 0. The molecule has 1 aliphatic rings. The molecule has 0 saturated carbocycles. The maximum absolute atomic E-state index is 13.1. The molecule has 7 nitrogen and oxygen atoms in total. The summed E-state index contributed by atoms with van der Waals surface area (Å²) in [5.74, 6) is 0.570. The fourth-order valence-electron chi connectivity index (χ4n) is 3.22. The van der Waals surface area contributed by atoms with Gasteiger partial charge in [-0.3, -0.25) is 14.8 Å². The Hall–Kier alpha value is -3.06. The molecule has 4 rings (SSSR count). The average Bonchev–Trinajstić information content (AvgIpc) is 2.73. The molecule has 7 heteroatoms. The number of hydrogen-bond acceptors (Lipinski definition) is 6. The van der Waals surface area contributed by atoms with E-state index in [1.165, 1.54) is 0 Å². The van der Waals surface area contributed by atoms with E-state index in [1.54, 1.807) is 30.5 Å². The molecule has 2 aromatic heterocycles. The number of nitrogens with zero attached hydrogens (tertiary/aromatic N) is 4. The van der Waals surface area contributed by atoms with Gasteiger partial charge in [0.2, 0.25) is 0 Å². The zero-order valence-electron chi connectivity index (χ0n) is 14.4. The van der Waals surface area contributed by atoms with Crippen molar-refractivity contribution in [1.82, 2.24) is 19.9 Å². The van der Waals surface area contributed by atoms with Gasteiger partial charge in [0.25, 0.3) is 5.91 Å². The normalized spacial score (nSPS) is 17.3. The molecule has 1 amide bonds. The van der Waals surface area contributed by atoms with Crippen LogP contribution in [0.3, 0.4) is 0 Å². The number of ether oxygens (including phenoxy) is 1. The van der Waals surface area contributed by atoms with Crippen LogP contribution in [0.1, 0.15) is 22.3 Å². The van der Waals surface area contributed by atoms with Crippen molar-refractivity contribution in [2.75, 3.05) is 32.1 Å². The lowest BCUT2D eigenvalue weighted by Gasteiger charge is -2.33. The van der Waals surface area contributed by atoms with E-state index in [0.717, 1.165) is 10.8 Å². The molecule has 0 radical (unpaired) electrons. The predicted octanol–water partition coefficient (Wildman–Crippen LogP) is 2.28. The third kappa shape index (κ3) is 2.97. The Balaban J connectivity index is 1.62. The molecule has 1 saturated heterocycles. The molecule has 1 aromatic carbocycles. The maximum atomic E-state index is 13.1. The first-order valence-electron chi connectivity index (χ1n) is 8.51. The van der Waals surface area contributed by atoms with Crippen LogP contribution in [0.15, 0.2) is 48.9 Å². The van der Waals surface area contributed by atoms with E-state index in [9.17, 15) is 4.79 Å². The van der Waals surface area contributed by atoms with Crippen molar-refractivity contribution in [2.45, 2.75) is 6.10 Å². The summed E-state index contributed by atoms with van der Waals surface area (Å²) in [6, 6.07) is 9.69. The quantitative estimate of drug-likeness (QED) is 0.781. The number of rotatable bonds is 3. The van der Waals surface area contributed by atoms with Crippen LogP contribution in [0.25, 0.3) is 10.8 Å². The van der Waals surface area contributed by atoms with Gasteiger partial charge < -0.3 is 15.0 Å². The molecule has 1 atom stereocenters. The van der Waals surface area contributed by atoms with Gasteiger partial charge in [0.15, 0.2) is 0 Å². The lowest BCUT2D eigenvalue weighted by molar-refractivity contribution is -0.0246. The van der Waals surface area contributed by atoms with E-state index in [-0.39, 0.29) is 12.0 Å². The molecule has 1 aliphatic heterocycles. The fourth-order valence-corrected chi connectivity index (χ4v) is 3.22. The largest absolute Gasteiger partial charge is 0.372 e. The summed E-state index contributed by atoms with van der Waals surface area (Å²) in [4.78, 5) is 27.9. The second-order valence-electron chi connectivity index (χ2n) is 6.03. The first kappa shape index (κ1) is 16.4. The first-order valence-corrected chi connectivity index (χ1v) is 8.51. The van der Waals surface area contributed by atoms with Crippen LogP contribution in [-0.4, -0.2) is 52.5 Å². The second-order valence-corrected chi connectivity index (χ2v) is 6.03. The monoisotopic (exact) mass is 349 g/mol. The Morgan fingerprint density at radius 3 is 2.88 bits per heavy atom. The standard InChI is InChI=1S/C19H19N5O2/c1-20-18-17(22-8-9-23-18)15-12-24(10-11-26-15)19(25)16-14-5-3-2-4-13(14)6-7-21-16/h2-9,15H,10-12H2,1H3,(H,20,23). The van der Waals surface area contributed by atoms with Gasteiger partial charge in [0, 0.05) is 37.6 Å². The highest BCUT2D eigenvalue weighted by Crippen LogP contribution is 2.26. The van der Waals surface area contributed by atoms with Crippen LogP contribution in [0.2, 0.25) is 0 Å². The molecule has 1 unspecified atom stereocenters. The number of anilines is 1. The minimum atomic E-state index is -0.321. The Morgan fingerprint density at radius 2 is 2.00 bits per heavy atom. The van der Waals surface area contributed by atoms with Crippen molar-refractivity contribution in [2.24, 2.45) is 0 Å². The highest BCUT2D eigenvalue weighted by molar-refractivity contribution is 6.05. The first-order chi connectivity index (χ1) is 12.8. The molecule has 26 heavy (non-hydrogen) atoms. The van der Waals surface area contributed by atoms with Crippen LogP contribution >= 0.6 is 0 Å². The second kappa shape index (κ2) is 7.05. The average molecular weight is 349 g/mol. The number of morpholine rings is 1. The number of fused-ring (bicyclic) bond motifs is 1. The molecule has 0 aliphatic carbocycles. The number of pyridine rings is 1. The van der Waals surface area contributed by atoms with Crippen LogP contribution in [0, 0.1) is 0 Å². The Bertz CT molecular complexity index is 941. The van der Waals surface area contributed by atoms with Crippen molar-refractivity contribution >= 4 is 22.5 Å². The van der Waals surface area contributed by atoms with Crippen LogP contribution in [0.4, 0.5) is 5.82 Å². The van der Waals surface area contributed by atoms with Crippen molar-refractivity contribution in [3.8, 4) is 0 Å². The Labute approximate surface area is 151 Å². The molecular formula is C19H19N5O2. The lowest BCUT2D eigenvalue weighted by atomic mass is 10.1. The molecule has 3 aromatic rings. The summed E-state index contributed by atoms with van der Waals surface area (Å²) in [6.45, 7) is 1.38. The van der Waals surface area contributed by atoms with Gasteiger partial charge >= 0.3 is 0 Å². The number of benzene rings is 1. The molecule has 0 spiro atoms. The zero-order valence-corrected chi connectivity index (χ0v) is 14.4. The molecule has 0 bridgehead atoms. The van der Waals surface area contributed by atoms with Gasteiger partial charge in [-0.2, -0.15) is 0 Å². The van der Waals surface area contributed by atoms with Crippen molar-refractivity contribution < 1.29 is 9.53 Å². The van der Waals surface area contributed by atoms with E-state index >= 15 is 0 Å². The smallest absolute Gasteiger partial charge is 0.273 e. The minimum absolute atomic E-state index is 0.0926. The van der Waals surface area contributed by atoms with Gasteiger partial charge in [-0.1, -0.05) is 24.3 Å². The highest BCUT2D eigenvalue weighted by atomic mass is 16.5. The lowest BCUT2D eigenvalue weighted by Crippen LogP contribution is -2.43. The highest BCUT2D eigenvalue weighted by Gasteiger charge is 2.30. The van der Waals surface area contributed by atoms with Crippen LogP contribution in [-0.2, 0) is 4.74 Å². The molecule has 132 valence electrons. The van der Waals surface area contributed by atoms with Crippen LogP contribution in [0.5, 0.6) is 0 Å². The number of aromatic nitrogens is 3. The summed E-state index contributed by atoms with van der Waals surface area (Å²) in [5.41, 5.74) is 1.18. The van der Waals surface area contributed by atoms with E-state index < -0.39 is 0 Å². The van der Waals surface area contributed by atoms with Gasteiger partial charge in [-0.15, -0.1) is 0 Å². The van der Waals surface area contributed by atoms with Crippen molar-refractivity contribution in [1.29, 1.82) is 0 Å².